The lowest BCUT2D eigenvalue weighted by atomic mass is 9.95. The molecular formula is C14H16. The molecule has 0 aromatic heterocycles. The van der Waals surface area contributed by atoms with Crippen molar-refractivity contribution in [3.8, 4) is 0 Å². The van der Waals surface area contributed by atoms with E-state index in [0.29, 0.717) is 5.92 Å². The van der Waals surface area contributed by atoms with Crippen LogP contribution in [0.4, 0.5) is 0 Å². The lowest BCUT2D eigenvalue weighted by Gasteiger charge is -2.09. The van der Waals surface area contributed by atoms with E-state index in [2.05, 4.69) is 43.0 Å². The van der Waals surface area contributed by atoms with Crippen molar-refractivity contribution in [2.75, 3.05) is 0 Å². The van der Waals surface area contributed by atoms with Gasteiger partial charge in [-0.15, -0.1) is 6.58 Å². The van der Waals surface area contributed by atoms with Crippen LogP contribution in [0.25, 0.3) is 6.08 Å². The third-order valence-electron chi connectivity index (χ3n) is 2.83. The van der Waals surface area contributed by atoms with Crippen LogP contribution in [0.2, 0.25) is 0 Å². The third-order valence-corrected chi connectivity index (χ3v) is 2.83. The Labute approximate surface area is 86.0 Å². The molecule has 14 heavy (non-hydrogen) atoms. The summed E-state index contributed by atoms with van der Waals surface area (Å²) >= 11 is 0. The maximum Gasteiger partial charge on any atom is 0.00273 e. The first-order valence-electron chi connectivity index (χ1n) is 5.30. The monoisotopic (exact) mass is 184 g/mol. The lowest BCUT2D eigenvalue weighted by molar-refractivity contribution is 0.692. The molecule has 1 aliphatic carbocycles. The molecule has 0 saturated heterocycles. The molecule has 0 heterocycles. The zero-order valence-corrected chi connectivity index (χ0v) is 8.45. The first-order chi connectivity index (χ1) is 6.92. The normalized spacial score (nSPS) is 18.1. The van der Waals surface area contributed by atoms with Gasteiger partial charge >= 0.3 is 0 Å². The minimum Gasteiger partial charge on any atom is -0.103 e. The summed E-state index contributed by atoms with van der Waals surface area (Å²) in [7, 11) is 0. The SMILES string of the molecule is C=CCCCC1C=Cc2ccccc21. The summed E-state index contributed by atoms with van der Waals surface area (Å²) in [5.74, 6) is 0.645. The van der Waals surface area contributed by atoms with Gasteiger partial charge in [-0.2, -0.15) is 0 Å². The zero-order chi connectivity index (χ0) is 9.80. The second-order valence-electron chi connectivity index (χ2n) is 3.81. The van der Waals surface area contributed by atoms with E-state index in [1.807, 2.05) is 6.08 Å². The van der Waals surface area contributed by atoms with E-state index in [1.165, 1.54) is 24.0 Å². The quantitative estimate of drug-likeness (QED) is 0.487. The molecule has 0 aliphatic heterocycles. The first kappa shape index (κ1) is 9.26. The van der Waals surface area contributed by atoms with Crippen molar-refractivity contribution in [2.24, 2.45) is 0 Å². The Balaban J connectivity index is 2.03. The van der Waals surface area contributed by atoms with Crippen LogP contribution in [0.3, 0.4) is 0 Å². The molecule has 0 radical (unpaired) electrons. The van der Waals surface area contributed by atoms with Crippen molar-refractivity contribution in [2.45, 2.75) is 25.2 Å². The number of allylic oxidation sites excluding steroid dienone is 2. The highest BCUT2D eigenvalue weighted by molar-refractivity contribution is 5.62. The maximum absolute atomic E-state index is 3.75. The summed E-state index contributed by atoms with van der Waals surface area (Å²) in [5.41, 5.74) is 2.90. The smallest absolute Gasteiger partial charge is 0.00273 e. The maximum atomic E-state index is 3.75. The molecule has 0 N–H and O–H groups in total. The minimum atomic E-state index is 0.645. The Morgan fingerprint density at radius 3 is 3.00 bits per heavy atom. The molecule has 1 aromatic carbocycles. The average Bonchev–Trinajstić information content (AvgIpc) is 2.63. The van der Waals surface area contributed by atoms with E-state index in [0.717, 1.165) is 6.42 Å². The minimum absolute atomic E-state index is 0.645. The molecule has 0 amide bonds. The molecule has 1 aliphatic rings. The van der Waals surface area contributed by atoms with Gasteiger partial charge < -0.3 is 0 Å². The molecule has 72 valence electrons. The van der Waals surface area contributed by atoms with Gasteiger partial charge in [-0.3, -0.25) is 0 Å². The lowest BCUT2D eigenvalue weighted by Crippen LogP contribution is -1.92. The second-order valence-corrected chi connectivity index (χ2v) is 3.81. The van der Waals surface area contributed by atoms with E-state index < -0.39 is 0 Å². The van der Waals surface area contributed by atoms with E-state index in [-0.39, 0.29) is 0 Å². The zero-order valence-electron chi connectivity index (χ0n) is 8.45. The first-order valence-corrected chi connectivity index (χ1v) is 5.30. The molecule has 0 nitrogen and oxygen atoms in total. The average molecular weight is 184 g/mol. The van der Waals surface area contributed by atoms with Gasteiger partial charge in [0.25, 0.3) is 0 Å². The van der Waals surface area contributed by atoms with Crippen LogP contribution < -0.4 is 0 Å². The van der Waals surface area contributed by atoms with Gasteiger partial charge in [-0.1, -0.05) is 42.5 Å². The molecular weight excluding hydrogens is 168 g/mol. The van der Waals surface area contributed by atoms with Crippen LogP contribution in [0.15, 0.2) is 43.0 Å². The van der Waals surface area contributed by atoms with Crippen molar-refractivity contribution in [1.82, 2.24) is 0 Å². The molecule has 1 unspecified atom stereocenters. The van der Waals surface area contributed by atoms with E-state index in [1.54, 1.807) is 0 Å². The van der Waals surface area contributed by atoms with Gasteiger partial charge in [-0.05, 0) is 30.4 Å². The predicted molar refractivity (Wildman–Crippen MR) is 62.3 cm³/mol. The molecule has 0 heteroatoms. The molecule has 0 saturated carbocycles. The number of hydrogen-bond donors (Lipinski definition) is 0. The van der Waals surface area contributed by atoms with E-state index >= 15 is 0 Å². The van der Waals surface area contributed by atoms with Crippen LogP contribution in [0.5, 0.6) is 0 Å². The number of benzene rings is 1. The number of hydrogen-bond acceptors (Lipinski definition) is 0. The fraction of sp³-hybridized carbons (Fsp3) is 0.286. The summed E-state index contributed by atoms with van der Waals surface area (Å²) in [6.45, 7) is 3.75. The Morgan fingerprint density at radius 2 is 2.14 bits per heavy atom. The molecule has 2 rings (SSSR count). The van der Waals surface area contributed by atoms with Crippen LogP contribution in [-0.4, -0.2) is 0 Å². The van der Waals surface area contributed by atoms with Crippen molar-refractivity contribution in [3.63, 3.8) is 0 Å². The summed E-state index contributed by atoms with van der Waals surface area (Å²) in [5, 5.41) is 0. The van der Waals surface area contributed by atoms with Gasteiger partial charge in [0.05, 0.1) is 0 Å². The van der Waals surface area contributed by atoms with Crippen molar-refractivity contribution < 1.29 is 0 Å². The summed E-state index contributed by atoms with van der Waals surface area (Å²) < 4.78 is 0. The molecule has 0 fully saturated rings. The van der Waals surface area contributed by atoms with Crippen molar-refractivity contribution in [3.05, 3.63) is 54.1 Å². The van der Waals surface area contributed by atoms with Crippen LogP contribution in [-0.2, 0) is 0 Å². The summed E-state index contributed by atoms with van der Waals surface area (Å²) in [4.78, 5) is 0. The number of unbranched alkanes of at least 4 members (excludes halogenated alkanes) is 1. The number of fused-ring (bicyclic) bond motifs is 1. The standard InChI is InChI=1S/C14H16/c1-2-3-4-7-12-10-11-13-8-5-6-9-14(12)13/h2,5-6,8-12H,1,3-4,7H2. The Morgan fingerprint density at radius 1 is 1.29 bits per heavy atom. The molecule has 1 atom stereocenters. The van der Waals surface area contributed by atoms with Gasteiger partial charge in [0.2, 0.25) is 0 Å². The summed E-state index contributed by atoms with van der Waals surface area (Å²) in [6, 6.07) is 8.68. The fourth-order valence-electron chi connectivity index (χ4n) is 2.06. The largest absolute Gasteiger partial charge is 0.103 e. The predicted octanol–water partition coefficient (Wildman–Crippen LogP) is 4.15. The van der Waals surface area contributed by atoms with Gasteiger partial charge in [0.15, 0.2) is 0 Å². The van der Waals surface area contributed by atoms with Gasteiger partial charge in [0, 0.05) is 5.92 Å². The Kier molecular flexibility index (Phi) is 2.83. The molecule has 0 spiro atoms. The van der Waals surface area contributed by atoms with Crippen molar-refractivity contribution >= 4 is 6.08 Å². The van der Waals surface area contributed by atoms with E-state index in [9.17, 15) is 0 Å². The van der Waals surface area contributed by atoms with Crippen LogP contribution in [0, 0.1) is 0 Å². The molecule has 0 bridgehead atoms. The van der Waals surface area contributed by atoms with Crippen LogP contribution >= 0.6 is 0 Å². The van der Waals surface area contributed by atoms with E-state index in [4.69, 9.17) is 0 Å². The highest BCUT2D eigenvalue weighted by Crippen LogP contribution is 2.33. The molecule has 1 aromatic rings. The second kappa shape index (κ2) is 4.28. The highest BCUT2D eigenvalue weighted by atomic mass is 14.2. The topological polar surface area (TPSA) is 0 Å². The fourth-order valence-corrected chi connectivity index (χ4v) is 2.06. The number of rotatable bonds is 4. The summed E-state index contributed by atoms with van der Waals surface area (Å²) in [6.07, 6.45) is 10.2. The van der Waals surface area contributed by atoms with Crippen molar-refractivity contribution in [1.29, 1.82) is 0 Å². The highest BCUT2D eigenvalue weighted by Gasteiger charge is 2.15. The van der Waals surface area contributed by atoms with Gasteiger partial charge in [0.1, 0.15) is 0 Å². The Hall–Kier alpha value is -1.30. The van der Waals surface area contributed by atoms with Crippen LogP contribution in [0.1, 0.15) is 36.3 Å². The third kappa shape index (κ3) is 1.79. The Bertz CT molecular complexity index is 347. The van der Waals surface area contributed by atoms with Gasteiger partial charge in [-0.25, -0.2) is 0 Å².